The van der Waals surface area contributed by atoms with Crippen LogP contribution in [0.25, 0.3) is 11.1 Å². The minimum Gasteiger partial charge on any atom is -0.478 e. The number of benzene rings is 1. The van der Waals surface area contributed by atoms with E-state index in [-0.39, 0.29) is 21.7 Å². The second-order valence-electron chi connectivity index (χ2n) is 3.92. The molecule has 0 saturated carbocycles. The SMILES string of the molecule is O=C(O)c1c(Cl)cncc1-c1cccc(OC(F)(F)F)c1. The van der Waals surface area contributed by atoms with Gasteiger partial charge in [-0.25, -0.2) is 4.79 Å². The molecule has 2 rings (SSSR count). The minimum atomic E-state index is -4.83. The zero-order valence-electron chi connectivity index (χ0n) is 10.2. The highest BCUT2D eigenvalue weighted by Gasteiger charge is 2.31. The molecule has 0 amide bonds. The summed E-state index contributed by atoms with van der Waals surface area (Å²) >= 11 is 5.77. The number of aromatic nitrogens is 1. The van der Waals surface area contributed by atoms with E-state index < -0.39 is 18.1 Å². The first kappa shape index (κ1) is 15.1. The van der Waals surface area contributed by atoms with Gasteiger partial charge in [0.05, 0.1) is 10.6 Å². The first-order valence-electron chi connectivity index (χ1n) is 5.51. The summed E-state index contributed by atoms with van der Waals surface area (Å²) in [7, 11) is 0. The summed E-state index contributed by atoms with van der Waals surface area (Å²) in [5.74, 6) is -1.77. The number of aromatic carboxylic acids is 1. The van der Waals surface area contributed by atoms with E-state index >= 15 is 0 Å². The summed E-state index contributed by atoms with van der Waals surface area (Å²) in [6.45, 7) is 0. The lowest BCUT2D eigenvalue weighted by atomic mass is 10.0. The van der Waals surface area contributed by atoms with E-state index in [1.807, 2.05) is 0 Å². The van der Waals surface area contributed by atoms with Gasteiger partial charge < -0.3 is 9.84 Å². The fraction of sp³-hybridized carbons (Fsp3) is 0.0769. The van der Waals surface area contributed by atoms with Crippen LogP contribution in [0.5, 0.6) is 5.75 Å². The van der Waals surface area contributed by atoms with Gasteiger partial charge in [0.25, 0.3) is 0 Å². The van der Waals surface area contributed by atoms with Gasteiger partial charge in [-0.15, -0.1) is 13.2 Å². The lowest BCUT2D eigenvalue weighted by molar-refractivity contribution is -0.274. The van der Waals surface area contributed by atoms with Gasteiger partial charge in [0.1, 0.15) is 5.75 Å². The molecule has 2 aromatic rings. The van der Waals surface area contributed by atoms with Crippen LogP contribution in [0.1, 0.15) is 10.4 Å². The van der Waals surface area contributed by atoms with Gasteiger partial charge in [-0.3, -0.25) is 4.98 Å². The molecule has 1 N–H and O–H groups in total. The topological polar surface area (TPSA) is 59.4 Å². The molecule has 0 fully saturated rings. The van der Waals surface area contributed by atoms with Crippen molar-refractivity contribution in [3.63, 3.8) is 0 Å². The van der Waals surface area contributed by atoms with Gasteiger partial charge in [0.15, 0.2) is 0 Å². The molecular formula is C13H7ClF3NO3. The maximum absolute atomic E-state index is 12.2. The number of ether oxygens (including phenoxy) is 1. The quantitative estimate of drug-likeness (QED) is 0.929. The van der Waals surface area contributed by atoms with E-state index in [0.717, 1.165) is 18.3 Å². The predicted octanol–water partition coefficient (Wildman–Crippen LogP) is 4.00. The van der Waals surface area contributed by atoms with Crippen molar-refractivity contribution in [3.05, 3.63) is 47.2 Å². The Bertz CT molecular complexity index is 689. The summed E-state index contributed by atoms with van der Waals surface area (Å²) in [5.41, 5.74) is 0.0580. The Labute approximate surface area is 121 Å². The van der Waals surface area contributed by atoms with Crippen molar-refractivity contribution in [2.45, 2.75) is 6.36 Å². The molecule has 21 heavy (non-hydrogen) atoms. The normalized spacial score (nSPS) is 11.2. The van der Waals surface area contributed by atoms with Crippen molar-refractivity contribution in [2.75, 3.05) is 0 Å². The highest BCUT2D eigenvalue weighted by Crippen LogP contribution is 2.31. The lowest BCUT2D eigenvalue weighted by Crippen LogP contribution is -2.17. The molecule has 1 aromatic carbocycles. The third-order valence-electron chi connectivity index (χ3n) is 2.49. The number of hydrogen-bond acceptors (Lipinski definition) is 3. The Morgan fingerprint density at radius 2 is 2.00 bits per heavy atom. The van der Waals surface area contributed by atoms with Crippen LogP contribution < -0.4 is 4.74 Å². The Kier molecular flexibility index (Phi) is 4.04. The smallest absolute Gasteiger partial charge is 0.478 e. The third-order valence-corrected chi connectivity index (χ3v) is 2.78. The van der Waals surface area contributed by atoms with Crippen LogP contribution in [0.15, 0.2) is 36.7 Å². The molecule has 1 aromatic heterocycles. The maximum Gasteiger partial charge on any atom is 0.573 e. The molecule has 0 radical (unpaired) electrons. The maximum atomic E-state index is 12.2. The lowest BCUT2D eigenvalue weighted by Gasteiger charge is -2.11. The van der Waals surface area contributed by atoms with Gasteiger partial charge in [0, 0.05) is 18.0 Å². The van der Waals surface area contributed by atoms with Gasteiger partial charge in [-0.2, -0.15) is 0 Å². The molecule has 4 nitrogen and oxygen atoms in total. The fourth-order valence-electron chi connectivity index (χ4n) is 1.73. The van der Waals surface area contributed by atoms with E-state index in [4.69, 9.17) is 16.7 Å². The fourth-order valence-corrected chi connectivity index (χ4v) is 1.97. The number of nitrogens with zero attached hydrogens (tertiary/aromatic N) is 1. The van der Waals surface area contributed by atoms with Crippen molar-refractivity contribution in [1.29, 1.82) is 0 Å². The molecule has 0 unspecified atom stereocenters. The molecule has 0 aliphatic rings. The molecule has 0 atom stereocenters. The molecule has 1 heterocycles. The van der Waals surface area contributed by atoms with Gasteiger partial charge in [-0.1, -0.05) is 23.7 Å². The Hall–Kier alpha value is -2.28. The van der Waals surface area contributed by atoms with Crippen molar-refractivity contribution in [2.24, 2.45) is 0 Å². The van der Waals surface area contributed by atoms with Crippen LogP contribution in [-0.4, -0.2) is 22.4 Å². The molecule has 0 saturated heterocycles. The van der Waals surface area contributed by atoms with Crippen molar-refractivity contribution in [3.8, 4) is 16.9 Å². The largest absolute Gasteiger partial charge is 0.573 e. The highest BCUT2D eigenvalue weighted by atomic mass is 35.5. The van der Waals surface area contributed by atoms with Crippen LogP contribution in [0.3, 0.4) is 0 Å². The van der Waals surface area contributed by atoms with Gasteiger partial charge in [0.2, 0.25) is 0 Å². The number of pyridine rings is 1. The van der Waals surface area contributed by atoms with Crippen LogP contribution in [0.4, 0.5) is 13.2 Å². The van der Waals surface area contributed by atoms with E-state index in [9.17, 15) is 18.0 Å². The van der Waals surface area contributed by atoms with E-state index in [1.54, 1.807) is 0 Å². The second kappa shape index (κ2) is 5.61. The van der Waals surface area contributed by atoms with Gasteiger partial charge >= 0.3 is 12.3 Å². The number of halogens is 4. The summed E-state index contributed by atoms with van der Waals surface area (Å²) < 4.78 is 40.4. The summed E-state index contributed by atoms with van der Waals surface area (Å²) in [4.78, 5) is 15.0. The zero-order valence-corrected chi connectivity index (χ0v) is 10.9. The summed E-state index contributed by atoms with van der Waals surface area (Å²) in [6.07, 6.45) is -2.48. The molecule has 0 aliphatic heterocycles. The van der Waals surface area contributed by atoms with Crippen molar-refractivity contribution < 1.29 is 27.8 Å². The van der Waals surface area contributed by atoms with Crippen LogP contribution in [-0.2, 0) is 0 Å². The van der Waals surface area contributed by atoms with Crippen LogP contribution >= 0.6 is 11.6 Å². The van der Waals surface area contributed by atoms with E-state index in [0.29, 0.717) is 0 Å². The average Bonchev–Trinajstić information content (AvgIpc) is 2.36. The summed E-state index contributed by atoms with van der Waals surface area (Å²) in [5, 5.41) is 9.03. The van der Waals surface area contributed by atoms with Gasteiger partial charge in [-0.05, 0) is 17.7 Å². The Morgan fingerprint density at radius 3 is 2.62 bits per heavy atom. The number of alkyl halides is 3. The average molecular weight is 318 g/mol. The van der Waals surface area contributed by atoms with Crippen molar-refractivity contribution >= 4 is 17.6 Å². The van der Waals surface area contributed by atoms with Crippen molar-refractivity contribution in [1.82, 2.24) is 4.98 Å². The molecule has 110 valence electrons. The van der Waals surface area contributed by atoms with E-state index in [2.05, 4.69) is 9.72 Å². The third kappa shape index (κ3) is 3.63. The molecule has 8 heteroatoms. The highest BCUT2D eigenvalue weighted by molar-refractivity contribution is 6.34. The Morgan fingerprint density at radius 1 is 1.29 bits per heavy atom. The Balaban J connectivity index is 2.51. The number of rotatable bonds is 3. The number of hydrogen-bond donors (Lipinski definition) is 1. The molecular weight excluding hydrogens is 311 g/mol. The number of carboxylic acid groups (broad SMARTS) is 1. The standard InChI is InChI=1S/C13H7ClF3NO3/c14-10-6-18-5-9(11(10)12(19)20)7-2-1-3-8(4-7)21-13(15,16)17/h1-6H,(H,19,20). The predicted molar refractivity (Wildman–Crippen MR) is 68.3 cm³/mol. The van der Waals surface area contributed by atoms with Crippen LogP contribution in [0, 0.1) is 0 Å². The first-order valence-corrected chi connectivity index (χ1v) is 5.88. The zero-order chi connectivity index (χ0) is 15.6. The first-order chi connectivity index (χ1) is 9.78. The van der Waals surface area contributed by atoms with Crippen LogP contribution in [0.2, 0.25) is 5.02 Å². The second-order valence-corrected chi connectivity index (χ2v) is 4.33. The minimum absolute atomic E-state index is 0.0997. The molecule has 0 spiro atoms. The molecule has 0 aliphatic carbocycles. The number of carboxylic acids is 1. The molecule has 0 bridgehead atoms. The number of carbonyl (C=O) groups is 1. The summed E-state index contributed by atoms with van der Waals surface area (Å²) in [6, 6.07) is 4.91. The van der Waals surface area contributed by atoms with E-state index in [1.165, 1.54) is 18.3 Å². The monoisotopic (exact) mass is 317 g/mol.